The second-order valence-corrected chi connectivity index (χ2v) is 8.28. The van der Waals surface area contributed by atoms with E-state index in [2.05, 4.69) is 16.9 Å². The van der Waals surface area contributed by atoms with Gasteiger partial charge in [0.1, 0.15) is 5.54 Å². The maximum absolute atomic E-state index is 13.3. The molecule has 4 nitrogen and oxygen atoms in total. The highest BCUT2D eigenvalue weighted by Crippen LogP contribution is 2.38. The number of amides is 1. The van der Waals surface area contributed by atoms with Crippen LogP contribution in [0.25, 0.3) is 0 Å². The molecule has 1 unspecified atom stereocenters. The average molecular weight is 498 g/mol. The zero-order valence-electron chi connectivity index (χ0n) is 18.8. The third-order valence-electron chi connectivity index (χ3n) is 5.76. The lowest BCUT2D eigenvalue weighted by Crippen LogP contribution is -2.32. The molecule has 2 aromatic rings. The monoisotopic (exact) mass is 498 g/mol. The van der Waals surface area contributed by atoms with E-state index >= 15 is 0 Å². The van der Waals surface area contributed by atoms with Gasteiger partial charge in [0.15, 0.2) is 0 Å². The number of carbonyl (C=O) groups excluding carboxylic acids is 1. The molecule has 1 aliphatic rings. The van der Waals surface area contributed by atoms with Crippen molar-refractivity contribution < 1.29 is 35.9 Å². The normalized spacial score (nSPS) is 19.4. The Hall–Kier alpha value is -3.14. The first kappa shape index (κ1) is 26.5. The number of aliphatic imine (C=N–C) groups is 1. The standard InChI is InChI=1S/C25H24F6N2O2/c1-3-23(18-7-5-4-6-8-18,32-14-21-9-10-22(34)33-21)15-35-16(2)17-11-19(24(26,27)28)13-20(12-17)25(29,30)31/h3-8,11-14,16,21H,1,9-10,15H2,2H3,(H,33,34)/t16-,21+,23?/m1/s1. The van der Waals surface area contributed by atoms with Crippen LogP contribution in [0.5, 0.6) is 0 Å². The van der Waals surface area contributed by atoms with E-state index in [1.54, 1.807) is 36.5 Å². The van der Waals surface area contributed by atoms with Crippen molar-refractivity contribution in [3.05, 3.63) is 83.4 Å². The molecule has 35 heavy (non-hydrogen) atoms. The first-order valence-electron chi connectivity index (χ1n) is 10.8. The van der Waals surface area contributed by atoms with Gasteiger partial charge in [-0.3, -0.25) is 9.79 Å². The highest BCUT2D eigenvalue weighted by Gasteiger charge is 2.38. The molecule has 0 spiro atoms. The van der Waals surface area contributed by atoms with Crippen LogP contribution in [0, 0.1) is 0 Å². The van der Waals surface area contributed by atoms with Gasteiger partial charge in [0.2, 0.25) is 5.91 Å². The molecule has 1 heterocycles. The molecular formula is C25H24F6N2O2. The summed E-state index contributed by atoms with van der Waals surface area (Å²) in [7, 11) is 0. The van der Waals surface area contributed by atoms with Crippen molar-refractivity contribution >= 4 is 12.1 Å². The first-order chi connectivity index (χ1) is 16.3. The summed E-state index contributed by atoms with van der Waals surface area (Å²) >= 11 is 0. The van der Waals surface area contributed by atoms with E-state index in [1.807, 2.05) is 0 Å². The molecular weight excluding hydrogens is 474 g/mol. The van der Waals surface area contributed by atoms with Gasteiger partial charge in [-0.05, 0) is 42.7 Å². The number of ether oxygens (including phenoxy) is 1. The highest BCUT2D eigenvalue weighted by atomic mass is 19.4. The summed E-state index contributed by atoms with van der Waals surface area (Å²) in [5, 5.41) is 2.76. The number of nitrogens with zero attached hydrogens (tertiary/aromatic N) is 1. The van der Waals surface area contributed by atoms with Gasteiger partial charge in [-0.15, -0.1) is 6.58 Å². The minimum absolute atomic E-state index is 0.0778. The van der Waals surface area contributed by atoms with Gasteiger partial charge in [-0.1, -0.05) is 36.4 Å². The van der Waals surface area contributed by atoms with Crippen LogP contribution >= 0.6 is 0 Å². The average Bonchev–Trinajstić information content (AvgIpc) is 3.23. The molecule has 188 valence electrons. The number of nitrogens with one attached hydrogen (secondary N) is 1. The summed E-state index contributed by atoms with van der Waals surface area (Å²) in [6.07, 6.45) is -7.08. The quantitative estimate of drug-likeness (QED) is 0.266. The maximum atomic E-state index is 13.3. The second-order valence-electron chi connectivity index (χ2n) is 8.28. The molecule has 1 saturated heterocycles. The lowest BCUT2D eigenvalue weighted by molar-refractivity contribution is -0.143. The molecule has 1 amide bonds. The van der Waals surface area contributed by atoms with Crippen molar-refractivity contribution in [3.8, 4) is 0 Å². The Kier molecular flexibility index (Phi) is 7.74. The van der Waals surface area contributed by atoms with Crippen LogP contribution < -0.4 is 5.32 Å². The number of carbonyl (C=O) groups is 1. The fourth-order valence-corrected chi connectivity index (χ4v) is 3.69. The largest absolute Gasteiger partial charge is 0.416 e. The van der Waals surface area contributed by atoms with Gasteiger partial charge in [-0.2, -0.15) is 26.3 Å². The van der Waals surface area contributed by atoms with Crippen molar-refractivity contribution in [2.24, 2.45) is 4.99 Å². The molecule has 1 N–H and O–H groups in total. The lowest BCUT2D eigenvalue weighted by atomic mass is 9.91. The smallest absolute Gasteiger partial charge is 0.371 e. The second kappa shape index (κ2) is 10.2. The SMILES string of the molecule is C=CC(CO[C@H](C)c1cc(C(F)(F)F)cc(C(F)(F)F)c1)(N=C[C@@H]1CCC(=O)N1)c1ccccc1. The summed E-state index contributed by atoms with van der Waals surface area (Å²) in [4.78, 5) is 16.1. The van der Waals surface area contributed by atoms with Gasteiger partial charge in [0, 0.05) is 12.6 Å². The molecule has 0 saturated carbocycles. The van der Waals surface area contributed by atoms with Gasteiger partial charge in [-0.25, -0.2) is 0 Å². The van der Waals surface area contributed by atoms with Crippen LogP contribution in [-0.2, 0) is 27.4 Å². The van der Waals surface area contributed by atoms with Crippen molar-refractivity contribution in [3.63, 3.8) is 0 Å². The van der Waals surface area contributed by atoms with Gasteiger partial charge in [0.05, 0.1) is 29.9 Å². The molecule has 10 heteroatoms. The molecule has 3 atom stereocenters. The molecule has 1 aliphatic heterocycles. The summed E-state index contributed by atoms with van der Waals surface area (Å²) in [6, 6.07) is 9.88. The summed E-state index contributed by atoms with van der Waals surface area (Å²) in [6.45, 7) is 4.99. The Balaban J connectivity index is 1.91. The van der Waals surface area contributed by atoms with Crippen LogP contribution in [-0.4, -0.2) is 24.8 Å². The van der Waals surface area contributed by atoms with Crippen molar-refractivity contribution in [2.75, 3.05) is 6.61 Å². The van der Waals surface area contributed by atoms with E-state index in [4.69, 9.17) is 4.74 Å². The summed E-state index contributed by atoms with van der Waals surface area (Å²) in [5.41, 5.74) is -3.62. The van der Waals surface area contributed by atoms with Crippen LogP contribution in [0.15, 0.2) is 66.2 Å². The number of hydrogen-bond donors (Lipinski definition) is 1. The maximum Gasteiger partial charge on any atom is 0.416 e. The Morgan fingerprint density at radius 2 is 1.66 bits per heavy atom. The molecule has 3 rings (SSSR count). The van der Waals surface area contributed by atoms with Crippen molar-refractivity contribution in [1.29, 1.82) is 0 Å². The molecule has 0 aromatic heterocycles. The Labute approximate surface area is 198 Å². The van der Waals surface area contributed by atoms with Crippen LogP contribution in [0.4, 0.5) is 26.3 Å². The first-order valence-corrected chi connectivity index (χ1v) is 10.8. The van der Waals surface area contributed by atoms with Crippen LogP contribution in [0.2, 0.25) is 0 Å². The topological polar surface area (TPSA) is 50.7 Å². The van der Waals surface area contributed by atoms with E-state index in [1.165, 1.54) is 13.0 Å². The summed E-state index contributed by atoms with van der Waals surface area (Å²) < 4.78 is 85.3. The molecule has 2 aromatic carbocycles. The lowest BCUT2D eigenvalue weighted by Gasteiger charge is -2.29. The fourth-order valence-electron chi connectivity index (χ4n) is 3.69. The Morgan fingerprint density at radius 1 is 1.06 bits per heavy atom. The Morgan fingerprint density at radius 3 is 2.14 bits per heavy atom. The van der Waals surface area contributed by atoms with E-state index in [0.29, 0.717) is 30.5 Å². The zero-order chi connectivity index (χ0) is 25.9. The molecule has 1 fully saturated rings. The van der Waals surface area contributed by atoms with Gasteiger partial charge in [0.25, 0.3) is 0 Å². The van der Waals surface area contributed by atoms with E-state index in [-0.39, 0.29) is 30.2 Å². The van der Waals surface area contributed by atoms with E-state index in [9.17, 15) is 31.1 Å². The van der Waals surface area contributed by atoms with Crippen LogP contribution in [0.3, 0.4) is 0 Å². The fraction of sp³-hybridized carbons (Fsp3) is 0.360. The number of rotatable bonds is 8. The molecule has 0 aliphatic carbocycles. The van der Waals surface area contributed by atoms with Crippen LogP contribution in [0.1, 0.15) is 48.1 Å². The number of hydrogen-bond acceptors (Lipinski definition) is 3. The number of halogens is 6. The molecule has 0 radical (unpaired) electrons. The third kappa shape index (κ3) is 6.50. The van der Waals surface area contributed by atoms with Gasteiger partial charge < -0.3 is 10.1 Å². The van der Waals surface area contributed by atoms with E-state index in [0.717, 1.165) is 0 Å². The number of benzene rings is 2. The molecule has 0 bridgehead atoms. The van der Waals surface area contributed by atoms with Gasteiger partial charge >= 0.3 is 12.4 Å². The highest BCUT2D eigenvalue weighted by molar-refractivity contribution is 5.84. The number of alkyl halides is 6. The zero-order valence-corrected chi connectivity index (χ0v) is 18.8. The third-order valence-corrected chi connectivity index (χ3v) is 5.76. The summed E-state index contributed by atoms with van der Waals surface area (Å²) in [5.74, 6) is -0.111. The van der Waals surface area contributed by atoms with E-state index < -0.39 is 35.1 Å². The Bertz CT molecular complexity index is 1050. The predicted molar refractivity (Wildman–Crippen MR) is 119 cm³/mol. The van der Waals surface area contributed by atoms with Crippen molar-refractivity contribution in [1.82, 2.24) is 5.32 Å². The minimum Gasteiger partial charge on any atom is -0.371 e. The van der Waals surface area contributed by atoms with Crippen molar-refractivity contribution in [2.45, 2.75) is 49.8 Å². The predicted octanol–water partition coefficient (Wildman–Crippen LogP) is 6.23. The minimum atomic E-state index is -4.96.